The molecule has 0 spiro atoms. The minimum atomic E-state index is -3.69. The summed E-state index contributed by atoms with van der Waals surface area (Å²) in [5.74, 6) is -0.201. The number of ketones is 1. The van der Waals surface area contributed by atoms with E-state index in [0.717, 1.165) is 19.3 Å². The quantitative estimate of drug-likeness (QED) is 0.667. The van der Waals surface area contributed by atoms with Crippen LogP contribution in [0.25, 0.3) is 0 Å². The van der Waals surface area contributed by atoms with Gasteiger partial charge in [0.25, 0.3) is 5.56 Å². The molecular formula is C21H26N2O4S. The zero-order valence-corrected chi connectivity index (χ0v) is 17.2. The van der Waals surface area contributed by atoms with Crippen molar-refractivity contribution in [3.63, 3.8) is 0 Å². The van der Waals surface area contributed by atoms with Crippen molar-refractivity contribution < 1.29 is 13.2 Å². The number of aromatic nitrogens is 1. The predicted octanol–water partition coefficient (Wildman–Crippen LogP) is 2.64. The van der Waals surface area contributed by atoms with Gasteiger partial charge in [-0.3, -0.25) is 9.59 Å². The second-order valence-corrected chi connectivity index (χ2v) is 8.97. The van der Waals surface area contributed by atoms with Crippen LogP contribution in [0.3, 0.4) is 0 Å². The molecule has 28 heavy (non-hydrogen) atoms. The molecule has 0 amide bonds. The first-order valence-electron chi connectivity index (χ1n) is 9.72. The van der Waals surface area contributed by atoms with E-state index >= 15 is 0 Å². The van der Waals surface area contributed by atoms with Crippen LogP contribution in [0.4, 0.5) is 0 Å². The Morgan fingerprint density at radius 3 is 2.39 bits per heavy atom. The Morgan fingerprint density at radius 1 is 1.04 bits per heavy atom. The molecule has 3 rings (SSSR count). The Labute approximate surface area is 165 Å². The molecule has 0 aliphatic heterocycles. The summed E-state index contributed by atoms with van der Waals surface area (Å²) in [6.07, 6.45) is 5.56. The average Bonchev–Trinajstić information content (AvgIpc) is 2.69. The van der Waals surface area contributed by atoms with Crippen LogP contribution in [0.1, 0.15) is 48.2 Å². The van der Waals surface area contributed by atoms with Crippen LogP contribution < -0.4 is 5.56 Å². The fourth-order valence-electron chi connectivity index (χ4n) is 3.65. The van der Waals surface area contributed by atoms with Gasteiger partial charge in [0.1, 0.15) is 0 Å². The summed E-state index contributed by atoms with van der Waals surface area (Å²) in [7, 11) is -3.69. The van der Waals surface area contributed by atoms with Crippen molar-refractivity contribution in [3.8, 4) is 0 Å². The third kappa shape index (κ3) is 4.10. The molecule has 7 heteroatoms. The largest absolute Gasteiger partial charge is 0.306 e. The van der Waals surface area contributed by atoms with E-state index in [1.165, 1.54) is 44.7 Å². The van der Waals surface area contributed by atoms with E-state index in [9.17, 15) is 18.0 Å². The molecule has 2 aromatic rings. The normalized spacial score (nSPS) is 14.1. The number of benzene rings is 1. The molecule has 0 bridgehead atoms. The summed E-state index contributed by atoms with van der Waals surface area (Å²) >= 11 is 0. The molecule has 0 radical (unpaired) electrons. The van der Waals surface area contributed by atoms with E-state index in [2.05, 4.69) is 0 Å². The fourth-order valence-corrected chi connectivity index (χ4v) is 5.13. The lowest BCUT2D eigenvalue weighted by atomic mass is 9.90. The molecule has 0 saturated heterocycles. The number of fused-ring (bicyclic) bond motifs is 1. The molecule has 0 fully saturated rings. The maximum Gasteiger partial charge on any atom is 0.251 e. The monoisotopic (exact) mass is 402 g/mol. The van der Waals surface area contributed by atoms with Crippen molar-refractivity contribution in [3.05, 3.63) is 63.6 Å². The lowest BCUT2D eigenvalue weighted by molar-refractivity contribution is 0.0970. The van der Waals surface area contributed by atoms with Gasteiger partial charge < -0.3 is 4.57 Å². The number of carbonyl (C=O) groups is 1. The molecule has 1 aliphatic carbocycles. The fraction of sp³-hybridized carbons (Fsp3) is 0.429. The smallest absolute Gasteiger partial charge is 0.251 e. The Morgan fingerprint density at radius 2 is 1.71 bits per heavy atom. The van der Waals surface area contributed by atoms with Crippen LogP contribution in [0, 0.1) is 0 Å². The summed E-state index contributed by atoms with van der Waals surface area (Å²) in [4.78, 5) is 25.0. The lowest BCUT2D eigenvalue weighted by Crippen LogP contribution is -2.32. The van der Waals surface area contributed by atoms with Crippen molar-refractivity contribution in [2.75, 3.05) is 13.1 Å². The van der Waals surface area contributed by atoms with Gasteiger partial charge in [-0.2, -0.15) is 4.31 Å². The highest BCUT2D eigenvalue weighted by Gasteiger charge is 2.23. The van der Waals surface area contributed by atoms with Gasteiger partial charge in [-0.1, -0.05) is 26.0 Å². The van der Waals surface area contributed by atoms with E-state index in [0.29, 0.717) is 18.7 Å². The SMILES string of the molecule is CCN(CC)S(=O)(=O)c1ccc(=O)n(CC(=O)c2ccc3c(c2)CCCC3)c1. The van der Waals surface area contributed by atoms with Gasteiger partial charge in [0, 0.05) is 30.9 Å². The van der Waals surface area contributed by atoms with Crippen LogP contribution >= 0.6 is 0 Å². The summed E-state index contributed by atoms with van der Waals surface area (Å²) < 4.78 is 27.9. The van der Waals surface area contributed by atoms with E-state index in [1.807, 2.05) is 12.1 Å². The molecule has 1 heterocycles. The molecule has 0 atom stereocenters. The van der Waals surface area contributed by atoms with Crippen LogP contribution in [-0.4, -0.2) is 36.2 Å². The maximum atomic E-state index is 12.7. The van der Waals surface area contributed by atoms with Gasteiger partial charge in [-0.05, 0) is 48.9 Å². The van der Waals surface area contributed by atoms with Gasteiger partial charge in [-0.25, -0.2) is 8.42 Å². The molecule has 1 aromatic heterocycles. The number of sulfonamides is 1. The van der Waals surface area contributed by atoms with Crippen LogP contribution in [0.15, 0.2) is 46.2 Å². The van der Waals surface area contributed by atoms with E-state index in [4.69, 9.17) is 0 Å². The second kappa shape index (κ2) is 8.41. The minimum absolute atomic E-state index is 0.0223. The number of carbonyl (C=O) groups excluding carboxylic acids is 1. The van der Waals surface area contributed by atoms with E-state index in [-0.39, 0.29) is 17.2 Å². The third-order valence-corrected chi connectivity index (χ3v) is 7.32. The first-order valence-corrected chi connectivity index (χ1v) is 11.2. The first-order chi connectivity index (χ1) is 13.4. The Hall–Kier alpha value is -2.25. The molecule has 150 valence electrons. The Kier molecular flexibility index (Phi) is 6.15. The molecular weight excluding hydrogens is 376 g/mol. The highest BCUT2D eigenvalue weighted by Crippen LogP contribution is 2.22. The van der Waals surface area contributed by atoms with E-state index in [1.54, 1.807) is 19.9 Å². The summed E-state index contributed by atoms with van der Waals surface area (Å²) in [6.45, 7) is 4.02. The zero-order chi connectivity index (χ0) is 20.3. The second-order valence-electron chi connectivity index (χ2n) is 7.03. The highest BCUT2D eigenvalue weighted by atomic mass is 32.2. The molecule has 0 unspecified atom stereocenters. The number of hydrogen-bond acceptors (Lipinski definition) is 4. The van der Waals surface area contributed by atoms with Crippen molar-refractivity contribution in [2.24, 2.45) is 0 Å². The molecule has 6 nitrogen and oxygen atoms in total. The van der Waals surface area contributed by atoms with Crippen LogP contribution in [0.2, 0.25) is 0 Å². The number of hydrogen-bond donors (Lipinski definition) is 0. The number of aryl methyl sites for hydroxylation is 2. The molecule has 0 N–H and O–H groups in total. The minimum Gasteiger partial charge on any atom is -0.306 e. The van der Waals surface area contributed by atoms with Crippen molar-refractivity contribution >= 4 is 15.8 Å². The van der Waals surface area contributed by atoms with Gasteiger partial charge >= 0.3 is 0 Å². The third-order valence-electron chi connectivity index (χ3n) is 5.28. The topological polar surface area (TPSA) is 76.5 Å². The number of pyridine rings is 1. The predicted molar refractivity (Wildman–Crippen MR) is 108 cm³/mol. The van der Waals surface area contributed by atoms with Gasteiger partial charge in [0.15, 0.2) is 5.78 Å². The van der Waals surface area contributed by atoms with Crippen molar-refractivity contribution in [1.29, 1.82) is 0 Å². The van der Waals surface area contributed by atoms with Crippen molar-refractivity contribution in [2.45, 2.75) is 51.0 Å². The summed E-state index contributed by atoms with van der Waals surface area (Å²) in [5, 5.41) is 0. The Bertz CT molecular complexity index is 1040. The zero-order valence-electron chi connectivity index (χ0n) is 16.3. The highest BCUT2D eigenvalue weighted by molar-refractivity contribution is 7.89. The molecule has 1 aromatic carbocycles. The van der Waals surface area contributed by atoms with E-state index < -0.39 is 15.6 Å². The first kappa shape index (κ1) is 20.5. The maximum absolute atomic E-state index is 12.7. The Balaban J connectivity index is 1.88. The summed E-state index contributed by atoms with van der Waals surface area (Å²) in [5.41, 5.74) is 2.64. The van der Waals surface area contributed by atoms with Crippen LogP contribution in [-0.2, 0) is 29.4 Å². The van der Waals surface area contributed by atoms with Gasteiger partial charge in [0.2, 0.25) is 10.0 Å². The summed E-state index contributed by atoms with van der Waals surface area (Å²) in [6, 6.07) is 8.21. The van der Waals surface area contributed by atoms with Crippen LogP contribution in [0.5, 0.6) is 0 Å². The number of rotatable bonds is 7. The number of nitrogens with zero attached hydrogens (tertiary/aromatic N) is 2. The average molecular weight is 403 g/mol. The van der Waals surface area contributed by atoms with Crippen molar-refractivity contribution in [1.82, 2.24) is 8.87 Å². The van der Waals surface area contributed by atoms with Gasteiger partial charge in [-0.15, -0.1) is 0 Å². The lowest BCUT2D eigenvalue weighted by Gasteiger charge is -2.19. The van der Waals surface area contributed by atoms with Gasteiger partial charge in [0.05, 0.1) is 11.4 Å². The molecule has 1 aliphatic rings. The standard InChI is InChI=1S/C21H26N2O4S/c1-3-23(4-2)28(26,27)19-11-12-21(25)22(14-19)15-20(24)18-10-9-16-7-5-6-8-17(16)13-18/h9-14H,3-8,15H2,1-2H3. The number of Topliss-reactive ketones (excluding diaryl/α,β-unsaturated/α-hetero) is 1. The molecule has 0 saturated carbocycles.